The summed E-state index contributed by atoms with van der Waals surface area (Å²) in [5.74, 6) is -0.963. The Balaban J connectivity index is -0.000000125. The van der Waals surface area contributed by atoms with Crippen LogP contribution in [0.15, 0.2) is 0 Å². The van der Waals surface area contributed by atoms with Crippen LogP contribution in [0.1, 0.15) is 6.92 Å². The van der Waals surface area contributed by atoms with Gasteiger partial charge in [-0.05, 0) is 6.92 Å². The summed E-state index contributed by atoms with van der Waals surface area (Å²) in [5.41, 5.74) is 4.84. The van der Waals surface area contributed by atoms with Crippen LogP contribution >= 0.6 is 0 Å². The molecule has 0 aromatic carbocycles. The van der Waals surface area contributed by atoms with Gasteiger partial charge in [0.2, 0.25) is 0 Å². The van der Waals surface area contributed by atoms with Crippen molar-refractivity contribution in [2.45, 2.75) is 13.0 Å². The SMILES string of the molecule is CC(N)C(=O)O.N.[Zn]. The van der Waals surface area contributed by atoms with E-state index in [0.29, 0.717) is 0 Å². The minimum atomic E-state index is -0.963. The molecule has 1 atom stereocenters. The Bertz CT molecular complexity index is 66.3. The van der Waals surface area contributed by atoms with Crippen LogP contribution in [-0.2, 0) is 24.3 Å². The quantitative estimate of drug-likeness (QED) is 0.467. The van der Waals surface area contributed by atoms with Crippen LogP contribution in [0.5, 0.6) is 0 Å². The van der Waals surface area contributed by atoms with Crippen LogP contribution in [0, 0.1) is 0 Å². The van der Waals surface area contributed by atoms with Gasteiger partial charge >= 0.3 is 5.97 Å². The van der Waals surface area contributed by atoms with Crippen molar-refractivity contribution < 1.29 is 29.4 Å². The van der Waals surface area contributed by atoms with Crippen molar-refractivity contribution in [3.63, 3.8) is 0 Å². The molecule has 0 bridgehead atoms. The fourth-order valence-corrected chi connectivity index (χ4v) is 0. The summed E-state index contributed by atoms with van der Waals surface area (Å²) in [7, 11) is 0. The minimum absolute atomic E-state index is 0. The maximum atomic E-state index is 9.57. The molecule has 0 saturated carbocycles. The van der Waals surface area contributed by atoms with E-state index in [9.17, 15) is 4.79 Å². The summed E-state index contributed by atoms with van der Waals surface area (Å²) in [6.45, 7) is 1.42. The van der Waals surface area contributed by atoms with E-state index in [0.717, 1.165) is 0 Å². The Morgan fingerprint density at radius 3 is 1.88 bits per heavy atom. The van der Waals surface area contributed by atoms with Gasteiger partial charge in [0.05, 0.1) is 0 Å². The minimum Gasteiger partial charge on any atom is -0.480 e. The Morgan fingerprint density at radius 2 is 1.88 bits per heavy atom. The Hall–Kier alpha value is 0.0134. The van der Waals surface area contributed by atoms with Crippen LogP contribution in [0.25, 0.3) is 0 Å². The zero-order chi connectivity index (χ0) is 5.15. The molecule has 4 nitrogen and oxygen atoms in total. The number of carboxylic acids is 1. The third kappa shape index (κ3) is 9.38. The van der Waals surface area contributed by atoms with E-state index in [1.807, 2.05) is 0 Å². The summed E-state index contributed by atoms with van der Waals surface area (Å²) in [5, 5.41) is 7.87. The summed E-state index contributed by atoms with van der Waals surface area (Å²) >= 11 is 0. The van der Waals surface area contributed by atoms with Crippen LogP contribution in [0.3, 0.4) is 0 Å². The Morgan fingerprint density at radius 1 is 1.75 bits per heavy atom. The first kappa shape index (κ1) is 15.7. The molecule has 6 N–H and O–H groups in total. The predicted molar refractivity (Wildman–Crippen MR) is 26.3 cm³/mol. The van der Waals surface area contributed by atoms with Gasteiger partial charge < -0.3 is 17.0 Å². The number of hydrogen-bond acceptors (Lipinski definition) is 3. The normalized spacial score (nSPS) is 10.2. The molecule has 0 rings (SSSR count). The van der Waals surface area contributed by atoms with Gasteiger partial charge in [-0.15, -0.1) is 0 Å². The van der Waals surface area contributed by atoms with Gasteiger partial charge in [-0.3, -0.25) is 4.79 Å². The van der Waals surface area contributed by atoms with Crippen molar-refractivity contribution in [1.82, 2.24) is 6.15 Å². The molecule has 1 unspecified atom stereocenters. The predicted octanol–water partition coefficient (Wildman–Crippen LogP) is -0.422. The monoisotopic (exact) mass is 170 g/mol. The number of rotatable bonds is 1. The maximum Gasteiger partial charge on any atom is 0.320 e. The van der Waals surface area contributed by atoms with Gasteiger partial charge in [-0.1, -0.05) is 0 Å². The summed E-state index contributed by atoms with van der Waals surface area (Å²) in [4.78, 5) is 9.57. The fraction of sp³-hybridized carbons (Fsp3) is 0.667. The largest absolute Gasteiger partial charge is 0.480 e. The zero-order valence-electron chi connectivity index (χ0n) is 4.92. The van der Waals surface area contributed by atoms with Crippen LogP contribution in [0.4, 0.5) is 0 Å². The molecule has 0 fully saturated rings. The van der Waals surface area contributed by atoms with Gasteiger partial charge in [0, 0.05) is 19.5 Å². The van der Waals surface area contributed by atoms with Gasteiger partial charge in [0.15, 0.2) is 0 Å². The molecular formula is C3H10N2O2Zn. The van der Waals surface area contributed by atoms with E-state index in [-0.39, 0.29) is 25.6 Å². The molecule has 0 aliphatic heterocycles. The van der Waals surface area contributed by atoms with Gasteiger partial charge in [-0.25, -0.2) is 0 Å². The topological polar surface area (TPSA) is 98.3 Å². The molecule has 0 aromatic rings. The van der Waals surface area contributed by atoms with Crippen molar-refractivity contribution in [3.05, 3.63) is 0 Å². The molecule has 0 radical (unpaired) electrons. The first-order chi connectivity index (χ1) is 2.64. The standard InChI is InChI=1S/C3H7NO2.H3N.Zn/c1-2(4)3(5)6;;/h2H,4H2,1H3,(H,5,6);1H3;. The average molecular weight is 172 g/mol. The molecule has 8 heavy (non-hydrogen) atoms. The Labute approximate surface area is 60.8 Å². The van der Waals surface area contributed by atoms with E-state index in [1.54, 1.807) is 0 Å². The third-order valence-electron chi connectivity index (χ3n) is 0.390. The van der Waals surface area contributed by atoms with E-state index in [4.69, 9.17) is 10.8 Å². The summed E-state index contributed by atoms with van der Waals surface area (Å²) in [6.07, 6.45) is 0. The first-order valence-corrected chi connectivity index (χ1v) is 1.63. The number of aliphatic carboxylic acids is 1. The molecule has 0 saturated heterocycles. The smallest absolute Gasteiger partial charge is 0.320 e. The molecule has 0 heterocycles. The van der Waals surface area contributed by atoms with Crippen molar-refractivity contribution in [2.24, 2.45) is 5.73 Å². The van der Waals surface area contributed by atoms with Gasteiger partial charge in [-0.2, -0.15) is 0 Å². The maximum absolute atomic E-state index is 9.57. The number of hydrogen-bond donors (Lipinski definition) is 3. The summed E-state index contributed by atoms with van der Waals surface area (Å²) < 4.78 is 0. The number of carboxylic acid groups (broad SMARTS) is 1. The molecular weight excluding hydrogens is 161 g/mol. The molecule has 0 aliphatic rings. The van der Waals surface area contributed by atoms with Crippen LogP contribution < -0.4 is 11.9 Å². The molecule has 0 amide bonds. The van der Waals surface area contributed by atoms with Crippen LogP contribution in [0.2, 0.25) is 0 Å². The molecule has 46 valence electrons. The van der Waals surface area contributed by atoms with E-state index < -0.39 is 12.0 Å². The van der Waals surface area contributed by atoms with E-state index >= 15 is 0 Å². The van der Waals surface area contributed by atoms with Crippen molar-refractivity contribution in [3.8, 4) is 0 Å². The summed E-state index contributed by atoms with van der Waals surface area (Å²) in [6, 6.07) is -0.731. The number of nitrogens with two attached hydrogens (primary N) is 1. The second-order valence-electron chi connectivity index (χ2n) is 1.13. The zero-order valence-corrected chi connectivity index (χ0v) is 7.89. The molecule has 5 heteroatoms. The fourth-order valence-electron chi connectivity index (χ4n) is 0. The Kier molecular flexibility index (Phi) is 13.7. The second kappa shape index (κ2) is 7.01. The molecule has 0 aliphatic carbocycles. The van der Waals surface area contributed by atoms with E-state index in [1.165, 1.54) is 6.92 Å². The average Bonchev–Trinajstić information content (AvgIpc) is 1.36. The molecule has 0 aromatic heterocycles. The van der Waals surface area contributed by atoms with E-state index in [2.05, 4.69) is 0 Å². The second-order valence-corrected chi connectivity index (χ2v) is 1.13. The molecule has 0 spiro atoms. The van der Waals surface area contributed by atoms with Crippen molar-refractivity contribution in [1.29, 1.82) is 0 Å². The number of carbonyl (C=O) groups is 1. The van der Waals surface area contributed by atoms with Crippen molar-refractivity contribution in [2.75, 3.05) is 0 Å². The first-order valence-electron chi connectivity index (χ1n) is 1.63. The van der Waals surface area contributed by atoms with Crippen molar-refractivity contribution >= 4 is 5.97 Å². The van der Waals surface area contributed by atoms with Crippen LogP contribution in [-0.4, -0.2) is 17.1 Å². The third-order valence-corrected chi connectivity index (χ3v) is 0.390. The van der Waals surface area contributed by atoms with Gasteiger partial charge in [0.25, 0.3) is 0 Å². The van der Waals surface area contributed by atoms with Gasteiger partial charge in [0.1, 0.15) is 6.04 Å².